The van der Waals surface area contributed by atoms with Crippen LogP contribution in [0.5, 0.6) is 0 Å². The fourth-order valence-electron chi connectivity index (χ4n) is 3.38. The summed E-state index contributed by atoms with van der Waals surface area (Å²) in [6.45, 7) is 7.57. The van der Waals surface area contributed by atoms with Crippen LogP contribution >= 0.6 is 0 Å². The van der Waals surface area contributed by atoms with E-state index >= 15 is 0 Å². The molecule has 2 aromatic carbocycles. The Morgan fingerprint density at radius 2 is 1.79 bits per heavy atom. The average Bonchev–Trinajstić information content (AvgIpc) is 2.74. The van der Waals surface area contributed by atoms with Gasteiger partial charge in [-0.3, -0.25) is 9.59 Å². The largest absolute Gasteiger partial charge is 0.378 e. The van der Waals surface area contributed by atoms with Gasteiger partial charge in [0.2, 0.25) is 5.91 Å². The van der Waals surface area contributed by atoms with Gasteiger partial charge in [0.1, 0.15) is 0 Å². The van der Waals surface area contributed by atoms with E-state index in [1.54, 1.807) is 18.0 Å². The first kappa shape index (κ1) is 20.9. The molecule has 6 heteroatoms. The van der Waals surface area contributed by atoms with E-state index < -0.39 is 0 Å². The first-order valence-electron chi connectivity index (χ1n) is 9.95. The highest BCUT2D eigenvalue weighted by molar-refractivity contribution is 5.96. The molecule has 6 nitrogen and oxygen atoms in total. The lowest BCUT2D eigenvalue weighted by molar-refractivity contribution is -0.129. The van der Waals surface area contributed by atoms with Gasteiger partial charge in [0.05, 0.1) is 19.8 Å². The number of benzene rings is 2. The van der Waals surface area contributed by atoms with Crippen molar-refractivity contribution in [3.63, 3.8) is 0 Å². The minimum atomic E-state index is -0.233. The van der Waals surface area contributed by atoms with Crippen LogP contribution in [0.3, 0.4) is 0 Å². The summed E-state index contributed by atoms with van der Waals surface area (Å²) >= 11 is 0. The van der Waals surface area contributed by atoms with Crippen LogP contribution in [0.4, 0.5) is 5.69 Å². The molecule has 1 N–H and O–H groups in total. The minimum Gasteiger partial charge on any atom is -0.378 e. The van der Waals surface area contributed by atoms with Crippen LogP contribution in [0, 0.1) is 13.8 Å². The number of carbonyl (C=O) groups is 2. The zero-order chi connectivity index (χ0) is 20.8. The van der Waals surface area contributed by atoms with E-state index in [0.29, 0.717) is 25.3 Å². The molecule has 0 spiro atoms. The Labute approximate surface area is 172 Å². The molecule has 0 aromatic heterocycles. The van der Waals surface area contributed by atoms with Gasteiger partial charge >= 0.3 is 0 Å². The molecule has 0 radical (unpaired) electrons. The van der Waals surface area contributed by atoms with E-state index in [2.05, 4.69) is 16.3 Å². The fraction of sp³-hybridized carbons (Fsp3) is 0.391. The SMILES string of the molecule is Cc1ccc(C(=O)NCC(=O)N(C)Cc2ccccc2N2CCOCC2)cc1C. The van der Waals surface area contributed by atoms with Crippen LogP contribution in [0.15, 0.2) is 42.5 Å². The molecule has 3 rings (SSSR count). The maximum absolute atomic E-state index is 12.6. The maximum atomic E-state index is 12.6. The zero-order valence-corrected chi connectivity index (χ0v) is 17.4. The number of ether oxygens (including phenoxy) is 1. The van der Waals surface area contributed by atoms with Crippen molar-refractivity contribution in [2.24, 2.45) is 0 Å². The van der Waals surface area contributed by atoms with Gasteiger partial charge in [-0.15, -0.1) is 0 Å². The van der Waals surface area contributed by atoms with Crippen molar-refractivity contribution in [1.82, 2.24) is 10.2 Å². The highest BCUT2D eigenvalue weighted by Crippen LogP contribution is 2.22. The van der Waals surface area contributed by atoms with E-state index in [9.17, 15) is 9.59 Å². The topological polar surface area (TPSA) is 61.9 Å². The summed E-state index contributed by atoms with van der Waals surface area (Å²) in [6.07, 6.45) is 0. The molecule has 1 aliphatic heterocycles. The molecule has 1 saturated heterocycles. The molecular weight excluding hydrogens is 366 g/mol. The highest BCUT2D eigenvalue weighted by Gasteiger charge is 2.17. The summed E-state index contributed by atoms with van der Waals surface area (Å²) < 4.78 is 5.44. The van der Waals surface area contributed by atoms with E-state index in [1.165, 1.54) is 0 Å². The van der Waals surface area contributed by atoms with Gasteiger partial charge in [-0.25, -0.2) is 0 Å². The van der Waals surface area contributed by atoms with Crippen molar-refractivity contribution < 1.29 is 14.3 Å². The van der Waals surface area contributed by atoms with Crippen LogP contribution in [-0.2, 0) is 16.1 Å². The van der Waals surface area contributed by atoms with Gasteiger partial charge in [-0.2, -0.15) is 0 Å². The maximum Gasteiger partial charge on any atom is 0.251 e. The van der Waals surface area contributed by atoms with E-state index in [4.69, 9.17) is 4.74 Å². The van der Waals surface area contributed by atoms with Crippen LogP contribution in [0.25, 0.3) is 0 Å². The lowest BCUT2D eigenvalue weighted by Crippen LogP contribution is -2.39. The normalized spacial score (nSPS) is 13.8. The summed E-state index contributed by atoms with van der Waals surface area (Å²) in [5.74, 6) is -0.359. The van der Waals surface area contributed by atoms with Crippen molar-refractivity contribution >= 4 is 17.5 Å². The Balaban J connectivity index is 1.58. The molecular formula is C23H29N3O3. The third kappa shape index (κ3) is 5.35. The van der Waals surface area contributed by atoms with Crippen LogP contribution in [0.2, 0.25) is 0 Å². The van der Waals surface area contributed by atoms with Crippen LogP contribution < -0.4 is 10.2 Å². The lowest BCUT2D eigenvalue weighted by Gasteiger charge is -2.31. The quantitative estimate of drug-likeness (QED) is 0.817. The van der Waals surface area contributed by atoms with E-state index in [-0.39, 0.29) is 18.4 Å². The number of hydrogen-bond acceptors (Lipinski definition) is 4. The summed E-state index contributed by atoms with van der Waals surface area (Å²) in [7, 11) is 1.76. The third-order valence-corrected chi connectivity index (χ3v) is 5.35. The molecule has 0 aliphatic carbocycles. The zero-order valence-electron chi connectivity index (χ0n) is 17.4. The Hall–Kier alpha value is -2.86. The number of nitrogens with one attached hydrogen (secondary N) is 1. The molecule has 1 aliphatic rings. The summed E-state index contributed by atoms with van der Waals surface area (Å²) in [5, 5.41) is 2.73. The third-order valence-electron chi connectivity index (χ3n) is 5.35. The van der Waals surface area contributed by atoms with Gasteiger partial charge in [0.25, 0.3) is 5.91 Å². The van der Waals surface area contributed by atoms with E-state index in [1.807, 2.05) is 44.2 Å². The Kier molecular flexibility index (Phi) is 6.88. The summed E-state index contributed by atoms with van der Waals surface area (Å²) in [6, 6.07) is 13.7. The van der Waals surface area contributed by atoms with Crippen molar-refractivity contribution in [2.45, 2.75) is 20.4 Å². The molecule has 0 saturated carbocycles. The number of likely N-dealkylation sites (N-methyl/N-ethyl adjacent to an activating group) is 1. The van der Waals surface area contributed by atoms with Crippen molar-refractivity contribution in [2.75, 3.05) is 44.8 Å². The molecule has 154 valence electrons. The number of para-hydroxylation sites is 1. The van der Waals surface area contributed by atoms with Gasteiger partial charge < -0.3 is 19.9 Å². The van der Waals surface area contributed by atoms with Crippen LogP contribution in [-0.4, -0.2) is 56.6 Å². The van der Waals surface area contributed by atoms with E-state index in [0.717, 1.165) is 35.5 Å². The fourth-order valence-corrected chi connectivity index (χ4v) is 3.38. The summed E-state index contributed by atoms with van der Waals surface area (Å²) in [4.78, 5) is 28.9. The number of morpholine rings is 1. The Morgan fingerprint density at radius 1 is 1.07 bits per heavy atom. The molecule has 2 amide bonds. The first-order valence-corrected chi connectivity index (χ1v) is 9.95. The van der Waals surface area contributed by atoms with Gasteiger partial charge in [0, 0.05) is 37.9 Å². The standard InChI is InChI=1S/C23H29N3O3/c1-17-8-9-19(14-18(17)2)23(28)24-15-22(27)25(3)16-20-6-4-5-7-21(20)26-10-12-29-13-11-26/h4-9,14H,10-13,15-16H2,1-3H3,(H,24,28). The molecule has 0 unspecified atom stereocenters. The number of hydrogen-bond donors (Lipinski definition) is 1. The predicted octanol–water partition coefficient (Wildman–Crippen LogP) is 2.53. The van der Waals surface area contributed by atoms with Gasteiger partial charge in [-0.05, 0) is 48.7 Å². The smallest absolute Gasteiger partial charge is 0.251 e. The first-order chi connectivity index (χ1) is 14.0. The number of rotatable bonds is 6. The van der Waals surface area contributed by atoms with Crippen molar-refractivity contribution in [3.05, 3.63) is 64.7 Å². The predicted molar refractivity (Wildman–Crippen MR) is 114 cm³/mol. The van der Waals surface area contributed by atoms with Crippen LogP contribution in [0.1, 0.15) is 27.0 Å². The number of amides is 2. The monoisotopic (exact) mass is 395 g/mol. The molecule has 1 heterocycles. The number of carbonyl (C=O) groups excluding carboxylic acids is 2. The second kappa shape index (κ2) is 9.56. The Bertz CT molecular complexity index is 875. The minimum absolute atomic E-state index is 0.0258. The second-order valence-corrected chi connectivity index (χ2v) is 7.46. The molecule has 0 atom stereocenters. The van der Waals surface area contributed by atoms with Crippen molar-refractivity contribution in [1.29, 1.82) is 0 Å². The Morgan fingerprint density at radius 3 is 2.52 bits per heavy atom. The van der Waals surface area contributed by atoms with Gasteiger partial charge in [0.15, 0.2) is 0 Å². The molecule has 29 heavy (non-hydrogen) atoms. The molecule has 1 fully saturated rings. The average molecular weight is 396 g/mol. The number of anilines is 1. The molecule has 2 aromatic rings. The molecule has 0 bridgehead atoms. The number of nitrogens with zero attached hydrogens (tertiary/aromatic N) is 2. The number of aryl methyl sites for hydroxylation is 2. The van der Waals surface area contributed by atoms with Crippen molar-refractivity contribution in [3.8, 4) is 0 Å². The lowest BCUT2D eigenvalue weighted by atomic mass is 10.1. The second-order valence-electron chi connectivity index (χ2n) is 7.46. The summed E-state index contributed by atoms with van der Waals surface area (Å²) in [5.41, 5.74) is 4.98. The highest BCUT2D eigenvalue weighted by atomic mass is 16.5. The van der Waals surface area contributed by atoms with Gasteiger partial charge in [-0.1, -0.05) is 24.3 Å².